The van der Waals surface area contributed by atoms with Gasteiger partial charge < -0.3 is 10.2 Å². The van der Waals surface area contributed by atoms with Crippen molar-refractivity contribution in [3.05, 3.63) is 75.8 Å². The van der Waals surface area contributed by atoms with E-state index in [1.54, 1.807) is 18.2 Å². The zero-order valence-corrected chi connectivity index (χ0v) is 16.6. The van der Waals surface area contributed by atoms with Crippen LogP contribution in [-0.4, -0.2) is 55.0 Å². The summed E-state index contributed by atoms with van der Waals surface area (Å²) in [7, 11) is 0. The van der Waals surface area contributed by atoms with Crippen LogP contribution in [0.25, 0.3) is 6.08 Å². The molecule has 1 fully saturated rings. The molecule has 2 aromatic rings. The van der Waals surface area contributed by atoms with E-state index in [2.05, 4.69) is 46.3 Å². The van der Waals surface area contributed by atoms with Crippen LogP contribution in [0.3, 0.4) is 0 Å². The lowest BCUT2D eigenvalue weighted by Gasteiger charge is -2.36. The van der Waals surface area contributed by atoms with Crippen molar-refractivity contribution in [1.29, 1.82) is 0 Å². The summed E-state index contributed by atoms with van der Waals surface area (Å²) in [6.45, 7) is 7.28. The fourth-order valence-electron chi connectivity index (χ4n) is 3.41. The van der Waals surface area contributed by atoms with Crippen molar-refractivity contribution in [3.63, 3.8) is 0 Å². The third kappa shape index (κ3) is 5.89. The van der Waals surface area contributed by atoms with E-state index in [1.165, 1.54) is 29.5 Å². The van der Waals surface area contributed by atoms with E-state index in [4.69, 9.17) is 0 Å². The Balaban J connectivity index is 1.41. The molecule has 0 unspecified atom stereocenters. The number of hydrogen-bond donors (Lipinski definition) is 1. The third-order valence-electron chi connectivity index (χ3n) is 5.01. The number of nitrogens with one attached hydrogen (secondary N) is 1. The average Bonchev–Trinajstić information content (AvgIpc) is 2.73. The molecule has 0 spiro atoms. The van der Waals surface area contributed by atoms with Gasteiger partial charge in [0, 0.05) is 57.1 Å². The minimum absolute atomic E-state index is 0.0111. The zero-order valence-electron chi connectivity index (χ0n) is 16.6. The molecule has 1 aliphatic heterocycles. The molecule has 7 nitrogen and oxygen atoms in total. The minimum Gasteiger partial charge on any atom is -0.369 e. The maximum Gasteiger partial charge on any atom is 0.276 e. The lowest BCUT2D eigenvalue weighted by molar-refractivity contribution is -0.385. The number of amides is 1. The Morgan fingerprint density at radius 2 is 1.90 bits per heavy atom. The predicted octanol–water partition coefficient (Wildman–Crippen LogP) is 2.85. The van der Waals surface area contributed by atoms with Crippen molar-refractivity contribution in [2.75, 3.05) is 44.2 Å². The fraction of sp³-hybridized carbons (Fsp3) is 0.318. The molecule has 0 aromatic heterocycles. The first-order valence-electron chi connectivity index (χ1n) is 9.76. The molecule has 0 bridgehead atoms. The van der Waals surface area contributed by atoms with Crippen LogP contribution in [0, 0.1) is 17.0 Å². The van der Waals surface area contributed by atoms with Gasteiger partial charge in [-0.2, -0.15) is 0 Å². The largest absolute Gasteiger partial charge is 0.369 e. The molecule has 29 heavy (non-hydrogen) atoms. The SMILES string of the molecule is Cc1cccc(N2CCN(CCNC(=O)/C=C/c3ccccc3[N+](=O)[O-])CC2)c1. The number of carbonyl (C=O) groups excluding carboxylic acids is 1. The standard InChI is InChI=1S/C22H26N4O3/c1-18-5-4-7-20(17-18)25-15-13-24(14-16-25)12-11-23-22(27)10-9-19-6-2-3-8-21(19)26(28)29/h2-10,17H,11-16H2,1H3,(H,23,27)/b10-9+. The van der Waals surface area contributed by atoms with E-state index >= 15 is 0 Å². The Morgan fingerprint density at radius 1 is 1.14 bits per heavy atom. The number of para-hydroxylation sites is 1. The van der Waals surface area contributed by atoms with E-state index in [9.17, 15) is 14.9 Å². The van der Waals surface area contributed by atoms with Crippen molar-refractivity contribution in [2.24, 2.45) is 0 Å². The summed E-state index contributed by atoms with van der Waals surface area (Å²) >= 11 is 0. The van der Waals surface area contributed by atoms with Crippen molar-refractivity contribution in [2.45, 2.75) is 6.92 Å². The van der Waals surface area contributed by atoms with Gasteiger partial charge in [0.2, 0.25) is 5.91 Å². The van der Waals surface area contributed by atoms with Crippen LogP contribution in [0.15, 0.2) is 54.6 Å². The lowest BCUT2D eigenvalue weighted by Crippen LogP contribution is -2.48. The summed E-state index contributed by atoms with van der Waals surface area (Å²) in [4.78, 5) is 27.3. The second-order valence-corrected chi connectivity index (χ2v) is 7.11. The van der Waals surface area contributed by atoms with Gasteiger partial charge in [0.1, 0.15) is 0 Å². The zero-order chi connectivity index (χ0) is 20.6. The highest BCUT2D eigenvalue weighted by molar-refractivity contribution is 5.92. The maximum atomic E-state index is 12.0. The van der Waals surface area contributed by atoms with Gasteiger partial charge in [0.25, 0.3) is 5.69 Å². The second kappa shape index (κ2) is 9.84. The smallest absolute Gasteiger partial charge is 0.276 e. The van der Waals surface area contributed by atoms with E-state index in [0.29, 0.717) is 12.1 Å². The normalized spacial score (nSPS) is 14.9. The summed E-state index contributed by atoms with van der Waals surface area (Å²) in [5.74, 6) is -0.249. The monoisotopic (exact) mass is 394 g/mol. The number of carbonyl (C=O) groups is 1. The number of nitro benzene ring substituents is 1. The van der Waals surface area contributed by atoms with Crippen LogP contribution in [0.1, 0.15) is 11.1 Å². The molecule has 0 radical (unpaired) electrons. The predicted molar refractivity (Wildman–Crippen MR) is 115 cm³/mol. The molecule has 0 saturated carbocycles. The molecular weight excluding hydrogens is 368 g/mol. The quantitative estimate of drug-likeness (QED) is 0.444. The van der Waals surface area contributed by atoms with Crippen LogP contribution in [0.5, 0.6) is 0 Å². The molecule has 1 saturated heterocycles. The second-order valence-electron chi connectivity index (χ2n) is 7.11. The molecule has 1 heterocycles. The molecule has 152 valence electrons. The highest BCUT2D eigenvalue weighted by Crippen LogP contribution is 2.19. The van der Waals surface area contributed by atoms with Gasteiger partial charge in [0.15, 0.2) is 0 Å². The van der Waals surface area contributed by atoms with Gasteiger partial charge in [-0.25, -0.2) is 0 Å². The van der Waals surface area contributed by atoms with Crippen LogP contribution in [-0.2, 0) is 4.79 Å². The third-order valence-corrected chi connectivity index (χ3v) is 5.01. The number of hydrogen-bond acceptors (Lipinski definition) is 5. The van der Waals surface area contributed by atoms with E-state index < -0.39 is 4.92 Å². The molecule has 2 aromatic carbocycles. The number of benzene rings is 2. The first-order valence-corrected chi connectivity index (χ1v) is 9.76. The van der Waals surface area contributed by atoms with Crippen LogP contribution in [0.4, 0.5) is 11.4 Å². The minimum atomic E-state index is -0.450. The Labute approximate surface area is 170 Å². The summed E-state index contributed by atoms with van der Waals surface area (Å²) in [5, 5.41) is 13.9. The van der Waals surface area contributed by atoms with Crippen LogP contribution < -0.4 is 10.2 Å². The first kappa shape index (κ1) is 20.5. The molecular formula is C22H26N4O3. The van der Waals surface area contributed by atoms with Gasteiger partial charge in [-0.3, -0.25) is 19.8 Å². The molecule has 1 N–H and O–H groups in total. The van der Waals surface area contributed by atoms with Crippen molar-refractivity contribution in [1.82, 2.24) is 10.2 Å². The number of rotatable bonds is 7. The Morgan fingerprint density at radius 3 is 2.62 bits per heavy atom. The maximum absolute atomic E-state index is 12.0. The topological polar surface area (TPSA) is 78.7 Å². The van der Waals surface area contributed by atoms with Crippen LogP contribution in [0.2, 0.25) is 0 Å². The van der Waals surface area contributed by atoms with Crippen molar-refractivity contribution >= 4 is 23.4 Å². The van der Waals surface area contributed by atoms with E-state index in [0.717, 1.165) is 32.7 Å². The van der Waals surface area contributed by atoms with Gasteiger partial charge in [-0.05, 0) is 36.8 Å². The van der Waals surface area contributed by atoms with Gasteiger partial charge in [0.05, 0.1) is 10.5 Å². The number of nitro groups is 1. The highest BCUT2D eigenvalue weighted by atomic mass is 16.6. The summed E-state index contributed by atoms with van der Waals surface area (Å²) in [6.07, 6.45) is 2.83. The number of aryl methyl sites for hydroxylation is 1. The van der Waals surface area contributed by atoms with Gasteiger partial charge in [-0.15, -0.1) is 0 Å². The number of anilines is 1. The highest BCUT2D eigenvalue weighted by Gasteiger charge is 2.17. The average molecular weight is 394 g/mol. The Kier molecular flexibility index (Phi) is 6.97. The molecule has 7 heteroatoms. The molecule has 1 amide bonds. The number of nitrogens with zero attached hydrogens (tertiary/aromatic N) is 3. The number of piperazine rings is 1. The molecule has 3 rings (SSSR count). The van der Waals surface area contributed by atoms with Gasteiger partial charge >= 0.3 is 0 Å². The first-order chi connectivity index (χ1) is 14.0. The van der Waals surface area contributed by atoms with Gasteiger partial charge in [-0.1, -0.05) is 24.3 Å². The molecule has 0 atom stereocenters. The van der Waals surface area contributed by atoms with Crippen molar-refractivity contribution in [3.8, 4) is 0 Å². The van der Waals surface area contributed by atoms with E-state index in [1.807, 2.05) is 0 Å². The molecule has 0 aliphatic carbocycles. The fourth-order valence-corrected chi connectivity index (χ4v) is 3.41. The summed E-state index contributed by atoms with van der Waals surface area (Å²) < 4.78 is 0. The molecule has 1 aliphatic rings. The Hall–Kier alpha value is -3.19. The van der Waals surface area contributed by atoms with Crippen molar-refractivity contribution < 1.29 is 9.72 Å². The van der Waals surface area contributed by atoms with Crippen LogP contribution >= 0.6 is 0 Å². The van der Waals surface area contributed by atoms with E-state index in [-0.39, 0.29) is 11.6 Å². The lowest BCUT2D eigenvalue weighted by atomic mass is 10.1. The summed E-state index contributed by atoms with van der Waals surface area (Å²) in [5.41, 5.74) is 2.93. The summed E-state index contributed by atoms with van der Waals surface area (Å²) in [6, 6.07) is 14.9. The Bertz CT molecular complexity index is 889.